The normalized spacial score (nSPS) is 9.85. The SMILES string of the molecule is CCCNc1nc(Nc2ccc(NC(C)=O)cc2)ncc1C#CCCCNC(=O)CN(C)C=O. The summed E-state index contributed by atoms with van der Waals surface area (Å²) < 4.78 is 0. The molecule has 0 aliphatic rings. The largest absolute Gasteiger partial charge is 0.369 e. The van der Waals surface area contributed by atoms with Crippen LogP contribution in [0.25, 0.3) is 0 Å². The summed E-state index contributed by atoms with van der Waals surface area (Å²) in [4.78, 5) is 43.5. The molecule has 0 bridgehead atoms. The third-order valence-electron chi connectivity index (χ3n) is 4.39. The molecule has 3 amide bonds. The first kappa shape index (κ1) is 26.1. The number of rotatable bonds is 12. The first-order valence-electron chi connectivity index (χ1n) is 11.1. The average Bonchev–Trinajstić information content (AvgIpc) is 2.81. The van der Waals surface area contributed by atoms with Crippen molar-refractivity contribution in [1.29, 1.82) is 0 Å². The minimum Gasteiger partial charge on any atom is -0.369 e. The van der Waals surface area contributed by atoms with E-state index in [4.69, 9.17) is 0 Å². The molecule has 0 spiro atoms. The van der Waals surface area contributed by atoms with E-state index in [9.17, 15) is 14.4 Å². The van der Waals surface area contributed by atoms with Crippen LogP contribution in [0.15, 0.2) is 30.5 Å². The molecular formula is C24H31N7O3. The Labute approximate surface area is 199 Å². The number of hydrogen-bond acceptors (Lipinski definition) is 7. The van der Waals surface area contributed by atoms with Crippen molar-refractivity contribution in [3.05, 3.63) is 36.0 Å². The zero-order chi connectivity index (χ0) is 24.8. The van der Waals surface area contributed by atoms with E-state index in [1.54, 1.807) is 25.4 Å². The fraction of sp³-hybridized carbons (Fsp3) is 0.375. The number of benzene rings is 1. The van der Waals surface area contributed by atoms with Crippen LogP contribution in [0, 0.1) is 11.8 Å². The molecule has 4 N–H and O–H groups in total. The summed E-state index contributed by atoms with van der Waals surface area (Å²) in [6.45, 7) is 4.80. The fourth-order valence-electron chi connectivity index (χ4n) is 2.76. The van der Waals surface area contributed by atoms with Crippen LogP contribution >= 0.6 is 0 Å². The third-order valence-corrected chi connectivity index (χ3v) is 4.39. The Morgan fingerprint density at radius 1 is 1.15 bits per heavy atom. The highest BCUT2D eigenvalue weighted by molar-refractivity contribution is 5.88. The van der Waals surface area contributed by atoms with Gasteiger partial charge in [-0.25, -0.2) is 4.98 Å². The van der Waals surface area contributed by atoms with Gasteiger partial charge in [0.2, 0.25) is 24.2 Å². The molecule has 0 aliphatic carbocycles. The van der Waals surface area contributed by atoms with Gasteiger partial charge < -0.3 is 26.2 Å². The summed E-state index contributed by atoms with van der Waals surface area (Å²) in [5, 5.41) is 11.9. The van der Waals surface area contributed by atoms with Gasteiger partial charge >= 0.3 is 0 Å². The minimum atomic E-state index is -0.199. The van der Waals surface area contributed by atoms with Crippen molar-refractivity contribution in [2.75, 3.05) is 42.6 Å². The number of carbonyl (C=O) groups excluding carboxylic acids is 3. The van der Waals surface area contributed by atoms with Gasteiger partial charge in [0.25, 0.3) is 0 Å². The minimum absolute atomic E-state index is 0.0405. The second kappa shape index (κ2) is 14.1. The van der Waals surface area contributed by atoms with Gasteiger partial charge in [0.05, 0.1) is 18.3 Å². The number of nitrogens with one attached hydrogen (secondary N) is 4. The first-order valence-corrected chi connectivity index (χ1v) is 11.1. The maximum atomic E-state index is 11.6. The second-order valence-corrected chi connectivity index (χ2v) is 7.54. The molecule has 0 saturated carbocycles. The lowest BCUT2D eigenvalue weighted by Crippen LogP contribution is -2.34. The highest BCUT2D eigenvalue weighted by Crippen LogP contribution is 2.19. The molecular weight excluding hydrogens is 434 g/mol. The van der Waals surface area contributed by atoms with E-state index >= 15 is 0 Å². The van der Waals surface area contributed by atoms with Crippen LogP contribution in [0.5, 0.6) is 0 Å². The Balaban J connectivity index is 1.95. The lowest BCUT2D eigenvalue weighted by molar-refractivity contribution is -0.127. The number of likely N-dealkylation sites (N-methyl/N-ethyl adjacent to an activating group) is 1. The first-order chi connectivity index (χ1) is 16.4. The Kier molecular flexibility index (Phi) is 10.8. The molecule has 2 aromatic rings. The van der Waals surface area contributed by atoms with Crippen LogP contribution in [0.1, 0.15) is 38.7 Å². The van der Waals surface area contributed by atoms with Crippen molar-refractivity contribution < 1.29 is 14.4 Å². The highest BCUT2D eigenvalue weighted by Gasteiger charge is 2.07. The molecule has 1 aromatic heterocycles. The Morgan fingerprint density at radius 2 is 1.88 bits per heavy atom. The molecule has 10 nitrogen and oxygen atoms in total. The molecule has 1 aromatic carbocycles. The molecule has 180 valence electrons. The van der Waals surface area contributed by atoms with Gasteiger partial charge in [-0.1, -0.05) is 18.8 Å². The predicted molar refractivity (Wildman–Crippen MR) is 133 cm³/mol. The molecule has 1 heterocycles. The Morgan fingerprint density at radius 3 is 2.56 bits per heavy atom. The van der Waals surface area contributed by atoms with E-state index in [1.807, 2.05) is 12.1 Å². The van der Waals surface area contributed by atoms with Gasteiger partial charge in [0, 0.05) is 44.9 Å². The van der Waals surface area contributed by atoms with Gasteiger partial charge in [-0.3, -0.25) is 14.4 Å². The van der Waals surface area contributed by atoms with Crippen molar-refractivity contribution in [2.24, 2.45) is 0 Å². The van der Waals surface area contributed by atoms with Gasteiger partial charge in [0.15, 0.2) is 0 Å². The standard InChI is InChI=1S/C24H31N7O3/c1-4-13-26-23-19(8-6-5-7-14-25-22(34)16-31(3)17-32)15-27-24(30-23)29-21-11-9-20(10-12-21)28-18(2)33/h9-12,15,17H,4-5,7,13-14,16H2,1-3H3,(H,25,34)(H,28,33)(H2,26,27,29,30). The summed E-state index contributed by atoms with van der Waals surface area (Å²) in [5.74, 6) is 6.94. The highest BCUT2D eigenvalue weighted by atomic mass is 16.2. The lowest BCUT2D eigenvalue weighted by atomic mass is 10.2. The molecule has 10 heteroatoms. The third kappa shape index (κ3) is 9.56. The van der Waals surface area contributed by atoms with Gasteiger partial charge in [-0.15, -0.1) is 0 Å². The van der Waals surface area contributed by atoms with Crippen LogP contribution in [0.2, 0.25) is 0 Å². The molecule has 2 rings (SSSR count). The van der Waals surface area contributed by atoms with Crippen LogP contribution < -0.4 is 21.3 Å². The number of unbranched alkanes of at least 4 members (excludes halogenated alkanes) is 1. The van der Waals surface area contributed by atoms with E-state index < -0.39 is 0 Å². The quantitative estimate of drug-likeness (QED) is 0.215. The molecule has 0 saturated heterocycles. The summed E-state index contributed by atoms with van der Waals surface area (Å²) in [6.07, 6.45) is 4.50. The monoisotopic (exact) mass is 465 g/mol. The van der Waals surface area contributed by atoms with Crippen molar-refractivity contribution in [3.63, 3.8) is 0 Å². The molecule has 0 radical (unpaired) electrons. The van der Waals surface area contributed by atoms with Crippen molar-refractivity contribution >= 4 is 41.4 Å². The number of anilines is 4. The molecule has 0 fully saturated rings. The zero-order valence-corrected chi connectivity index (χ0v) is 19.8. The van der Waals surface area contributed by atoms with E-state index in [0.717, 1.165) is 18.7 Å². The summed E-state index contributed by atoms with van der Waals surface area (Å²) in [7, 11) is 1.55. The van der Waals surface area contributed by atoms with Gasteiger partial charge in [-0.2, -0.15) is 4.98 Å². The summed E-state index contributed by atoms with van der Waals surface area (Å²) >= 11 is 0. The molecule has 0 aliphatic heterocycles. The van der Waals surface area contributed by atoms with E-state index in [2.05, 4.69) is 50.0 Å². The number of carbonyl (C=O) groups is 3. The van der Waals surface area contributed by atoms with Gasteiger partial charge in [0.1, 0.15) is 5.82 Å². The van der Waals surface area contributed by atoms with Crippen LogP contribution in [-0.2, 0) is 14.4 Å². The maximum Gasteiger partial charge on any atom is 0.239 e. The maximum absolute atomic E-state index is 11.6. The molecule has 0 unspecified atom stereocenters. The topological polar surface area (TPSA) is 128 Å². The predicted octanol–water partition coefficient (Wildman–Crippen LogP) is 2.34. The smallest absolute Gasteiger partial charge is 0.239 e. The Bertz CT molecular complexity index is 1030. The number of hydrogen-bond donors (Lipinski definition) is 4. The van der Waals surface area contributed by atoms with Crippen molar-refractivity contribution in [2.45, 2.75) is 33.1 Å². The fourth-order valence-corrected chi connectivity index (χ4v) is 2.76. The summed E-state index contributed by atoms with van der Waals surface area (Å²) in [6, 6.07) is 7.25. The van der Waals surface area contributed by atoms with Crippen LogP contribution in [0.4, 0.5) is 23.1 Å². The van der Waals surface area contributed by atoms with Crippen molar-refractivity contribution in [1.82, 2.24) is 20.2 Å². The van der Waals surface area contributed by atoms with E-state index in [0.29, 0.717) is 48.8 Å². The second-order valence-electron chi connectivity index (χ2n) is 7.54. The lowest BCUT2D eigenvalue weighted by Gasteiger charge is -2.10. The van der Waals surface area contributed by atoms with Crippen LogP contribution in [0.3, 0.4) is 0 Å². The Hall–Kier alpha value is -4.13. The van der Waals surface area contributed by atoms with E-state index in [1.165, 1.54) is 11.8 Å². The molecule has 0 atom stereocenters. The average molecular weight is 466 g/mol. The zero-order valence-electron chi connectivity index (χ0n) is 19.8. The number of nitrogens with zero attached hydrogens (tertiary/aromatic N) is 3. The number of aromatic nitrogens is 2. The summed E-state index contributed by atoms with van der Waals surface area (Å²) in [5.41, 5.74) is 2.19. The van der Waals surface area contributed by atoms with Crippen LogP contribution in [-0.4, -0.2) is 59.8 Å². The van der Waals surface area contributed by atoms with Crippen molar-refractivity contribution in [3.8, 4) is 11.8 Å². The number of amides is 3. The van der Waals surface area contributed by atoms with Gasteiger partial charge in [-0.05, 0) is 37.1 Å². The van der Waals surface area contributed by atoms with E-state index in [-0.39, 0.29) is 18.4 Å². The molecule has 34 heavy (non-hydrogen) atoms.